The topological polar surface area (TPSA) is 43.8 Å². The fraction of sp³-hybridized carbons (Fsp3) is 0.550. The number of fused-ring (bicyclic) bond motifs is 2. The van der Waals surface area contributed by atoms with Crippen LogP contribution in [0.3, 0.4) is 0 Å². The van der Waals surface area contributed by atoms with Crippen LogP contribution < -0.4 is 0 Å². The Kier molecular flexibility index (Phi) is 5.29. The van der Waals surface area contributed by atoms with E-state index in [0.29, 0.717) is 23.1 Å². The van der Waals surface area contributed by atoms with Crippen molar-refractivity contribution >= 4 is 34.7 Å². The van der Waals surface area contributed by atoms with Crippen LogP contribution in [0.5, 0.6) is 0 Å². The Morgan fingerprint density at radius 1 is 1.15 bits per heavy atom. The molecular weight excluding hydrogens is 371 g/mol. The summed E-state index contributed by atoms with van der Waals surface area (Å²) in [5, 5.41) is 10.5. The van der Waals surface area contributed by atoms with E-state index in [0.717, 1.165) is 38.0 Å². The summed E-state index contributed by atoms with van der Waals surface area (Å²) in [6.07, 6.45) is 5.47. The third kappa shape index (κ3) is 3.29. The van der Waals surface area contributed by atoms with Crippen LogP contribution in [0.15, 0.2) is 11.6 Å². The standard InChI is InChI=1S/C20H24Cl2N2O2/c21-17-9-14(10-23-5-2-1-3-6-23)19-15(20(17)22)8-13-4-7-24(11-16(13)19)18(26)12-25/h9,25H,1-8,10-12H2. The minimum absolute atomic E-state index is 0.206. The van der Waals surface area contributed by atoms with Crippen molar-refractivity contribution in [2.75, 3.05) is 32.8 Å². The van der Waals surface area contributed by atoms with Gasteiger partial charge >= 0.3 is 0 Å². The van der Waals surface area contributed by atoms with Crippen LogP contribution >= 0.6 is 23.2 Å². The largest absolute Gasteiger partial charge is 0.387 e. The zero-order valence-electron chi connectivity index (χ0n) is 14.9. The van der Waals surface area contributed by atoms with Gasteiger partial charge in [-0.05, 0) is 67.1 Å². The normalized spacial score (nSPS) is 20.3. The monoisotopic (exact) mass is 394 g/mol. The number of benzene rings is 1. The van der Waals surface area contributed by atoms with Crippen LogP contribution in [-0.4, -0.2) is 53.6 Å². The van der Waals surface area contributed by atoms with E-state index in [1.165, 1.54) is 41.5 Å². The van der Waals surface area contributed by atoms with Gasteiger partial charge in [0.1, 0.15) is 6.61 Å². The molecule has 2 aliphatic heterocycles. The van der Waals surface area contributed by atoms with Crippen molar-refractivity contribution in [1.82, 2.24) is 9.80 Å². The average molecular weight is 395 g/mol. The summed E-state index contributed by atoms with van der Waals surface area (Å²) in [6.45, 7) is 3.92. The number of likely N-dealkylation sites (tertiary alicyclic amines) is 1. The Balaban J connectivity index is 1.70. The quantitative estimate of drug-likeness (QED) is 0.852. The molecule has 1 aromatic rings. The molecular formula is C20H24Cl2N2O2. The van der Waals surface area contributed by atoms with E-state index in [2.05, 4.69) is 4.90 Å². The predicted octanol–water partition coefficient (Wildman–Crippen LogP) is 3.51. The smallest absolute Gasteiger partial charge is 0.248 e. The maximum absolute atomic E-state index is 12.0. The number of piperidine rings is 1. The summed E-state index contributed by atoms with van der Waals surface area (Å²) < 4.78 is 0. The molecule has 3 aliphatic rings. The van der Waals surface area contributed by atoms with E-state index in [9.17, 15) is 9.90 Å². The van der Waals surface area contributed by atoms with Crippen molar-refractivity contribution in [3.05, 3.63) is 38.4 Å². The number of amides is 1. The number of nitrogens with zero attached hydrogens (tertiary/aromatic N) is 2. The molecule has 0 radical (unpaired) electrons. The minimum Gasteiger partial charge on any atom is -0.387 e. The van der Waals surface area contributed by atoms with Crippen LogP contribution in [0.4, 0.5) is 0 Å². The number of aliphatic hydroxyl groups is 1. The molecule has 1 saturated heterocycles. The van der Waals surface area contributed by atoms with Gasteiger partial charge in [-0.3, -0.25) is 9.69 Å². The first kappa shape index (κ1) is 18.3. The second kappa shape index (κ2) is 7.51. The molecule has 26 heavy (non-hydrogen) atoms. The number of halogens is 2. The highest BCUT2D eigenvalue weighted by molar-refractivity contribution is 6.42. The van der Waals surface area contributed by atoms with Crippen molar-refractivity contribution in [2.45, 2.75) is 38.6 Å². The molecule has 6 heteroatoms. The number of carbonyl (C=O) groups excluding carboxylic acids is 1. The zero-order valence-corrected chi connectivity index (χ0v) is 16.4. The van der Waals surface area contributed by atoms with Crippen molar-refractivity contribution in [3.8, 4) is 0 Å². The third-order valence-corrected chi connectivity index (χ3v) is 6.71. The molecule has 4 nitrogen and oxygen atoms in total. The highest BCUT2D eigenvalue weighted by Crippen LogP contribution is 2.45. The number of aliphatic hydroxyl groups excluding tert-OH is 1. The van der Waals surface area contributed by atoms with Gasteiger partial charge < -0.3 is 10.0 Å². The molecule has 1 aromatic carbocycles. The van der Waals surface area contributed by atoms with Crippen molar-refractivity contribution < 1.29 is 9.90 Å². The molecule has 0 aromatic heterocycles. The SMILES string of the molecule is O=C(CO)N1CCC2=C(C1)c1c(CN3CCCCC3)cc(Cl)c(Cl)c1C2. The van der Waals surface area contributed by atoms with Crippen LogP contribution in [0, 0.1) is 0 Å². The van der Waals surface area contributed by atoms with Gasteiger partial charge in [-0.1, -0.05) is 35.2 Å². The Hall–Kier alpha value is -1.07. The molecule has 1 aliphatic carbocycles. The Morgan fingerprint density at radius 3 is 2.65 bits per heavy atom. The van der Waals surface area contributed by atoms with Crippen molar-refractivity contribution in [3.63, 3.8) is 0 Å². The predicted molar refractivity (Wildman–Crippen MR) is 104 cm³/mol. The molecule has 140 valence electrons. The minimum atomic E-state index is -0.433. The van der Waals surface area contributed by atoms with E-state index < -0.39 is 6.61 Å². The summed E-state index contributed by atoms with van der Waals surface area (Å²) in [6, 6.07) is 2.01. The van der Waals surface area contributed by atoms with Gasteiger partial charge in [-0.2, -0.15) is 0 Å². The molecule has 0 saturated carbocycles. The van der Waals surface area contributed by atoms with E-state index >= 15 is 0 Å². The van der Waals surface area contributed by atoms with Gasteiger partial charge in [0, 0.05) is 19.6 Å². The maximum atomic E-state index is 12.0. The maximum Gasteiger partial charge on any atom is 0.248 e. The fourth-order valence-electron chi connectivity index (χ4n) is 4.54. The summed E-state index contributed by atoms with van der Waals surface area (Å²) in [5.74, 6) is -0.206. The number of rotatable bonds is 3. The van der Waals surface area contributed by atoms with Crippen molar-refractivity contribution in [1.29, 1.82) is 0 Å². The van der Waals surface area contributed by atoms with Gasteiger partial charge in [0.05, 0.1) is 10.0 Å². The Labute approximate surface area is 164 Å². The van der Waals surface area contributed by atoms with Crippen LogP contribution in [0.25, 0.3) is 5.57 Å². The zero-order chi connectivity index (χ0) is 18.3. The number of carbonyl (C=O) groups is 1. The van der Waals surface area contributed by atoms with Gasteiger partial charge in [0.15, 0.2) is 0 Å². The summed E-state index contributed by atoms with van der Waals surface area (Å²) in [4.78, 5) is 16.2. The van der Waals surface area contributed by atoms with E-state index in [1.54, 1.807) is 4.90 Å². The van der Waals surface area contributed by atoms with Crippen LogP contribution in [-0.2, 0) is 17.8 Å². The lowest BCUT2D eigenvalue weighted by Gasteiger charge is -2.30. The van der Waals surface area contributed by atoms with E-state index in [1.807, 2.05) is 6.07 Å². The lowest BCUT2D eigenvalue weighted by atomic mass is 9.95. The molecule has 0 unspecified atom stereocenters. The lowest BCUT2D eigenvalue weighted by molar-refractivity contribution is -0.133. The van der Waals surface area contributed by atoms with E-state index in [-0.39, 0.29) is 5.91 Å². The first-order chi connectivity index (χ1) is 12.6. The summed E-state index contributed by atoms with van der Waals surface area (Å²) in [5.41, 5.74) is 6.13. The Morgan fingerprint density at radius 2 is 1.92 bits per heavy atom. The molecule has 0 spiro atoms. The second-order valence-electron chi connectivity index (χ2n) is 7.50. The molecule has 1 amide bonds. The van der Waals surface area contributed by atoms with Gasteiger partial charge in [-0.25, -0.2) is 0 Å². The van der Waals surface area contributed by atoms with Crippen molar-refractivity contribution in [2.24, 2.45) is 0 Å². The van der Waals surface area contributed by atoms with Gasteiger partial charge in [0.2, 0.25) is 5.91 Å². The highest BCUT2D eigenvalue weighted by Gasteiger charge is 2.33. The molecule has 0 bridgehead atoms. The lowest BCUT2D eigenvalue weighted by Crippen LogP contribution is -2.38. The fourth-order valence-corrected chi connectivity index (χ4v) is 5.00. The van der Waals surface area contributed by atoms with E-state index in [4.69, 9.17) is 23.2 Å². The van der Waals surface area contributed by atoms with Gasteiger partial charge in [0.25, 0.3) is 0 Å². The summed E-state index contributed by atoms with van der Waals surface area (Å²) in [7, 11) is 0. The number of hydrogen-bond acceptors (Lipinski definition) is 3. The molecule has 2 heterocycles. The molecule has 1 fully saturated rings. The summed E-state index contributed by atoms with van der Waals surface area (Å²) >= 11 is 13.0. The Bertz CT molecular complexity index is 770. The highest BCUT2D eigenvalue weighted by atomic mass is 35.5. The first-order valence-corrected chi connectivity index (χ1v) is 10.2. The molecule has 4 rings (SSSR count). The second-order valence-corrected chi connectivity index (χ2v) is 8.29. The van der Waals surface area contributed by atoms with Crippen LogP contribution in [0.2, 0.25) is 10.0 Å². The van der Waals surface area contributed by atoms with Gasteiger partial charge in [-0.15, -0.1) is 0 Å². The number of hydrogen-bond donors (Lipinski definition) is 1. The van der Waals surface area contributed by atoms with Crippen LogP contribution in [0.1, 0.15) is 42.4 Å². The molecule has 1 N–H and O–H groups in total. The molecule has 0 atom stereocenters. The first-order valence-electron chi connectivity index (χ1n) is 9.40. The third-order valence-electron chi connectivity index (χ3n) is 5.88. The average Bonchev–Trinajstić information content (AvgIpc) is 3.05.